The van der Waals surface area contributed by atoms with Gasteiger partial charge in [0.1, 0.15) is 6.10 Å². The Kier molecular flexibility index (Phi) is 8.58. The standard InChI is InChI=1S/C12H22O4/c1-4-7-10(5-2)16-12(14)9-8-11(13)15-6-3/h10H,4-9H2,1-3H3. The van der Waals surface area contributed by atoms with E-state index in [0.717, 1.165) is 19.3 Å². The Morgan fingerprint density at radius 1 is 1.06 bits per heavy atom. The molecule has 0 saturated carbocycles. The molecule has 4 nitrogen and oxygen atoms in total. The zero-order valence-electron chi connectivity index (χ0n) is 10.5. The average Bonchev–Trinajstić information content (AvgIpc) is 2.26. The van der Waals surface area contributed by atoms with Gasteiger partial charge in [-0.25, -0.2) is 0 Å². The molecular weight excluding hydrogens is 208 g/mol. The molecule has 0 heterocycles. The van der Waals surface area contributed by atoms with Crippen LogP contribution in [0.25, 0.3) is 0 Å². The van der Waals surface area contributed by atoms with E-state index in [9.17, 15) is 9.59 Å². The van der Waals surface area contributed by atoms with Crippen LogP contribution in [-0.4, -0.2) is 24.6 Å². The number of esters is 2. The molecule has 4 heteroatoms. The van der Waals surface area contributed by atoms with E-state index >= 15 is 0 Å². The van der Waals surface area contributed by atoms with Gasteiger partial charge >= 0.3 is 11.9 Å². The Bertz CT molecular complexity index is 213. The summed E-state index contributed by atoms with van der Waals surface area (Å²) in [5.74, 6) is -0.656. The highest BCUT2D eigenvalue weighted by Gasteiger charge is 2.13. The zero-order chi connectivity index (χ0) is 12.4. The van der Waals surface area contributed by atoms with E-state index in [1.54, 1.807) is 6.92 Å². The van der Waals surface area contributed by atoms with Gasteiger partial charge in [0.25, 0.3) is 0 Å². The maximum Gasteiger partial charge on any atom is 0.306 e. The zero-order valence-corrected chi connectivity index (χ0v) is 10.5. The fraction of sp³-hybridized carbons (Fsp3) is 0.833. The highest BCUT2D eigenvalue weighted by atomic mass is 16.5. The number of carbonyl (C=O) groups is 2. The fourth-order valence-electron chi connectivity index (χ4n) is 1.35. The largest absolute Gasteiger partial charge is 0.466 e. The minimum Gasteiger partial charge on any atom is -0.466 e. The highest BCUT2D eigenvalue weighted by Crippen LogP contribution is 2.08. The van der Waals surface area contributed by atoms with Crippen LogP contribution in [0, 0.1) is 0 Å². The van der Waals surface area contributed by atoms with Gasteiger partial charge < -0.3 is 9.47 Å². The van der Waals surface area contributed by atoms with Crippen molar-refractivity contribution in [1.82, 2.24) is 0 Å². The third-order valence-corrected chi connectivity index (χ3v) is 2.20. The van der Waals surface area contributed by atoms with Crippen LogP contribution >= 0.6 is 0 Å². The maximum atomic E-state index is 11.4. The molecular formula is C12H22O4. The second-order valence-electron chi connectivity index (χ2n) is 3.61. The number of ether oxygens (including phenoxy) is 2. The second kappa shape index (κ2) is 9.19. The molecule has 16 heavy (non-hydrogen) atoms. The lowest BCUT2D eigenvalue weighted by atomic mass is 10.1. The van der Waals surface area contributed by atoms with Crippen molar-refractivity contribution >= 4 is 11.9 Å². The molecule has 94 valence electrons. The molecule has 0 N–H and O–H groups in total. The quantitative estimate of drug-likeness (QED) is 0.601. The summed E-state index contributed by atoms with van der Waals surface area (Å²) in [4.78, 5) is 22.4. The van der Waals surface area contributed by atoms with Crippen molar-refractivity contribution in [1.29, 1.82) is 0 Å². The summed E-state index contributed by atoms with van der Waals surface area (Å²) >= 11 is 0. The second-order valence-corrected chi connectivity index (χ2v) is 3.61. The third kappa shape index (κ3) is 7.26. The first-order chi connectivity index (χ1) is 7.63. The van der Waals surface area contributed by atoms with Crippen molar-refractivity contribution in [3.63, 3.8) is 0 Å². The van der Waals surface area contributed by atoms with E-state index in [0.29, 0.717) is 6.61 Å². The van der Waals surface area contributed by atoms with Gasteiger partial charge in [0.15, 0.2) is 0 Å². The summed E-state index contributed by atoms with van der Waals surface area (Å²) in [6.45, 7) is 6.12. The molecule has 0 rings (SSSR count). The SMILES string of the molecule is CCCC(CC)OC(=O)CCC(=O)OCC. The molecule has 0 aromatic carbocycles. The molecule has 0 aliphatic rings. The molecule has 0 aromatic rings. The van der Waals surface area contributed by atoms with Gasteiger partial charge in [-0.05, 0) is 19.8 Å². The lowest BCUT2D eigenvalue weighted by Crippen LogP contribution is -2.18. The topological polar surface area (TPSA) is 52.6 Å². The Hall–Kier alpha value is -1.06. The van der Waals surface area contributed by atoms with Crippen LogP contribution in [0.5, 0.6) is 0 Å². The Labute approximate surface area is 97.3 Å². The Morgan fingerprint density at radius 2 is 1.69 bits per heavy atom. The predicted molar refractivity (Wildman–Crippen MR) is 60.9 cm³/mol. The molecule has 1 unspecified atom stereocenters. The minimum absolute atomic E-state index is 0.0142. The van der Waals surface area contributed by atoms with Gasteiger partial charge in [-0.15, -0.1) is 0 Å². The first kappa shape index (κ1) is 14.9. The van der Waals surface area contributed by atoms with E-state index < -0.39 is 0 Å². The summed E-state index contributed by atoms with van der Waals surface area (Å²) in [5.41, 5.74) is 0. The summed E-state index contributed by atoms with van der Waals surface area (Å²) in [5, 5.41) is 0. The van der Waals surface area contributed by atoms with Gasteiger partial charge in [0.05, 0.1) is 19.4 Å². The van der Waals surface area contributed by atoms with E-state index in [1.165, 1.54) is 0 Å². The number of carbonyl (C=O) groups excluding carboxylic acids is 2. The molecule has 1 atom stereocenters. The van der Waals surface area contributed by atoms with Gasteiger partial charge in [-0.3, -0.25) is 9.59 Å². The van der Waals surface area contributed by atoms with Crippen molar-refractivity contribution in [3.05, 3.63) is 0 Å². The van der Waals surface area contributed by atoms with Crippen molar-refractivity contribution in [2.45, 2.75) is 59.0 Å². The van der Waals surface area contributed by atoms with Crippen LogP contribution in [0.15, 0.2) is 0 Å². The molecule has 0 aromatic heterocycles. The van der Waals surface area contributed by atoms with Gasteiger partial charge in [-0.1, -0.05) is 20.3 Å². The molecule has 0 radical (unpaired) electrons. The van der Waals surface area contributed by atoms with E-state index in [4.69, 9.17) is 9.47 Å². The molecule has 0 spiro atoms. The summed E-state index contributed by atoms with van der Waals surface area (Å²) in [6, 6.07) is 0. The summed E-state index contributed by atoms with van der Waals surface area (Å²) < 4.78 is 9.95. The summed E-state index contributed by atoms with van der Waals surface area (Å²) in [7, 11) is 0. The molecule has 0 saturated heterocycles. The van der Waals surface area contributed by atoms with Crippen molar-refractivity contribution in [3.8, 4) is 0 Å². The summed E-state index contributed by atoms with van der Waals surface area (Å²) in [6.07, 6.45) is 2.89. The van der Waals surface area contributed by atoms with Gasteiger partial charge in [0, 0.05) is 0 Å². The van der Waals surface area contributed by atoms with Crippen molar-refractivity contribution in [2.24, 2.45) is 0 Å². The Balaban J connectivity index is 3.75. The first-order valence-electron chi connectivity index (χ1n) is 5.99. The molecule has 0 aliphatic heterocycles. The van der Waals surface area contributed by atoms with Crippen LogP contribution in [0.1, 0.15) is 52.9 Å². The minimum atomic E-state index is -0.344. The van der Waals surface area contributed by atoms with Crippen LogP contribution in [-0.2, 0) is 19.1 Å². The molecule has 0 fully saturated rings. The van der Waals surface area contributed by atoms with Gasteiger partial charge in [0.2, 0.25) is 0 Å². The van der Waals surface area contributed by atoms with Crippen molar-refractivity contribution in [2.75, 3.05) is 6.61 Å². The normalized spacial score (nSPS) is 11.9. The predicted octanol–water partition coefficient (Wildman–Crippen LogP) is 2.45. The number of hydrogen-bond acceptors (Lipinski definition) is 4. The first-order valence-corrected chi connectivity index (χ1v) is 5.99. The third-order valence-electron chi connectivity index (χ3n) is 2.20. The van der Waals surface area contributed by atoms with E-state index in [1.807, 2.05) is 6.92 Å². The molecule has 0 bridgehead atoms. The van der Waals surface area contributed by atoms with Crippen LogP contribution in [0.4, 0.5) is 0 Å². The van der Waals surface area contributed by atoms with Crippen molar-refractivity contribution < 1.29 is 19.1 Å². The lowest BCUT2D eigenvalue weighted by Gasteiger charge is -2.14. The fourth-order valence-corrected chi connectivity index (χ4v) is 1.35. The van der Waals surface area contributed by atoms with Crippen LogP contribution in [0.3, 0.4) is 0 Å². The highest BCUT2D eigenvalue weighted by molar-refractivity contribution is 5.77. The van der Waals surface area contributed by atoms with Crippen LogP contribution in [0.2, 0.25) is 0 Å². The molecule has 0 amide bonds. The maximum absolute atomic E-state index is 11.4. The molecule has 0 aliphatic carbocycles. The van der Waals surface area contributed by atoms with E-state index in [2.05, 4.69) is 6.92 Å². The smallest absolute Gasteiger partial charge is 0.306 e. The van der Waals surface area contributed by atoms with Gasteiger partial charge in [-0.2, -0.15) is 0 Å². The van der Waals surface area contributed by atoms with E-state index in [-0.39, 0.29) is 30.9 Å². The number of hydrogen-bond donors (Lipinski definition) is 0. The lowest BCUT2D eigenvalue weighted by molar-refractivity contribution is -0.153. The average molecular weight is 230 g/mol. The van der Waals surface area contributed by atoms with Crippen LogP contribution < -0.4 is 0 Å². The monoisotopic (exact) mass is 230 g/mol. The number of rotatable bonds is 8. The Morgan fingerprint density at radius 3 is 2.19 bits per heavy atom.